The van der Waals surface area contributed by atoms with Crippen LogP contribution in [0.2, 0.25) is 0 Å². The van der Waals surface area contributed by atoms with Gasteiger partial charge >= 0.3 is 0 Å². The Balaban J connectivity index is 2.21. The van der Waals surface area contributed by atoms with Crippen molar-refractivity contribution in [2.45, 2.75) is 64.0 Å². The Morgan fingerprint density at radius 1 is 1.31 bits per heavy atom. The Bertz CT molecular complexity index is 132. The third-order valence-electron chi connectivity index (χ3n) is 2.97. The number of rotatable bonds is 4. The van der Waals surface area contributed by atoms with Crippen molar-refractivity contribution in [1.82, 2.24) is 0 Å². The predicted octanol–water partition coefficient (Wildman–Crippen LogP) is 3.95. The van der Waals surface area contributed by atoms with Crippen molar-refractivity contribution in [3.63, 3.8) is 0 Å². The summed E-state index contributed by atoms with van der Waals surface area (Å²) in [6, 6.07) is 0. The van der Waals surface area contributed by atoms with Crippen molar-refractivity contribution in [1.29, 1.82) is 0 Å². The van der Waals surface area contributed by atoms with Gasteiger partial charge in [0.05, 0.1) is 6.10 Å². The fraction of sp³-hybridized carbons (Fsp3) is 1.00. The lowest BCUT2D eigenvalue weighted by Crippen LogP contribution is -2.24. The molecule has 1 nitrogen and oxygen atoms in total. The average molecular weight is 205 g/mol. The van der Waals surface area contributed by atoms with Gasteiger partial charge in [0.15, 0.2) is 0 Å². The van der Waals surface area contributed by atoms with Crippen LogP contribution in [-0.4, -0.2) is 11.7 Å². The minimum atomic E-state index is -0.0758. The summed E-state index contributed by atoms with van der Waals surface area (Å²) in [7, 11) is 0. The van der Waals surface area contributed by atoms with Crippen LogP contribution in [0.4, 0.5) is 0 Å². The molecule has 1 aliphatic carbocycles. The van der Waals surface area contributed by atoms with Crippen LogP contribution < -0.4 is 0 Å². The highest BCUT2D eigenvalue weighted by Gasteiger charge is 2.20. The van der Waals surface area contributed by atoms with Crippen molar-refractivity contribution >= 4 is 11.6 Å². The summed E-state index contributed by atoms with van der Waals surface area (Å²) in [6.45, 7) is 4.31. The number of hydrogen-bond acceptors (Lipinski definition) is 1. The molecule has 2 heteroatoms. The Labute approximate surface area is 86.8 Å². The smallest absolute Gasteiger partial charge is 0.134 e. The molecule has 0 bridgehead atoms. The molecule has 1 saturated carbocycles. The fourth-order valence-electron chi connectivity index (χ4n) is 1.70. The number of ether oxygens (including phenoxy) is 1. The summed E-state index contributed by atoms with van der Waals surface area (Å²) >= 11 is 6.14. The normalized spacial score (nSPS) is 24.2. The Hall–Kier alpha value is 0.250. The summed E-state index contributed by atoms with van der Waals surface area (Å²) in [4.78, 5) is 0. The van der Waals surface area contributed by atoms with Crippen molar-refractivity contribution < 1.29 is 4.74 Å². The molecule has 0 radical (unpaired) electrons. The van der Waals surface area contributed by atoms with Gasteiger partial charge in [-0.1, -0.05) is 44.7 Å². The molecule has 0 aromatic rings. The fourth-order valence-corrected chi connectivity index (χ4v) is 2.03. The summed E-state index contributed by atoms with van der Waals surface area (Å²) in [6.07, 6.45) is 7.95. The lowest BCUT2D eigenvalue weighted by molar-refractivity contribution is -0.0131. The van der Waals surface area contributed by atoms with Crippen molar-refractivity contribution in [3.05, 3.63) is 0 Å². The predicted molar refractivity (Wildman–Crippen MR) is 57.1 cm³/mol. The summed E-state index contributed by atoms with van der Waals surface area (Å²) in [5.74, 6) is 0.476. The number of halogens is 1. The molecule has 0 heterocycles. The van der Waals surface area contributed by atoms with E-state index in [-0.39, 0.29) is 5.56 Å². The van der Waals surface area contributed by atoms with Crippen LogP contribution in [0.25, 0.3) is 0 Å². The van der Waals surface area contributed by atoms with E-state index in [0.717, 1.165) is 6.42 Å². The first-order valence-corrected chi connectivity index (χ1v) is 5.97. The second kappa shape index (κ2) is 5.87. The SMILES string of the molecule is CCC(C)C(Cl)OC1CCCCC1. The molecule has 2 atom stereocenters. The molecule has 0 spiro atoms. The first kappa shape index (κ1) is 11.3. The van der Waals surface area contributed by atoms with E-state index in [1.165, 1.54) is 32.1 Å². The molecule has 0 aliphatic heterocycles. The van der Waals surface area contributed by atoms with Crippen LogP contribution >= 0.6 is 11.6 Å². The van der Waals surface area contributed by atoms with Crippen LogP contribution in [-0.2, 0) is 4.74 Å². The van der Waals surface area contributed by atoms with Gasteiger partial charge < -0.3 is 4.74 Å². The molecule has 0 amide bonds. The van der Waals surface area contributed by atoms with Gasteiger partial charge in [0.2, 0.25) is 0 Å². The summed E-state index contributed by atoms with van der Waals surface area (Å²) < 4.78 is 5.81. The van der Waals surface area contributed by atoms with E-state index in [0.29, 0.717) is 12.0 Å². The molecule has 0 N–H and O–H groups in total. The third kappa shape index (κ3) is 3.86. The maximum absolute atomic E-state index is 6.14. The van der Waals surface area contributed by atoms with Crippen molar-refractivity contribution in [2.24, 2.45) is 5.92 Å². The standard InChI is InChI=1S/C11H21ClO/c1-3-9(2)11(12)13-10-7-5-4-6-8-10/h9-11H,3-8H2,1-2H3. The van der Waals surface area contributed by atoms with Crippen LogP contribution in [0.3, 0.4) is 0 Å². The Morgan fingerprint density at radius 3 is 2.46 bits per heavy atom. The van der Waals surface area contributed by atoms with Crippen molar-refractivity contribution in [3.8, 4) is 0 Å². The Morgan fingerprint density at radius 2 is 1.92 bits per heavy atom. The maximum atomic E-state index is 6.14. The number of hydrogen-bond donors (Lipinski definition) is 0. The minimum absolute atomic E-state index is 0.0758. The molecule has 1 fully saturated rings. The van der Waals surface area contributed by atoms with Crippen LogP contribution in [0.1, 0.15) is 52.4 Å². The minimum Gasteiger partial charge on any atom is -0.359 e. The van der Waals surface area contributed by atoms with Crippen LogP contribution in [0.5, 0.6) is 0 Å². The van der Waals surface area contributed by atoms with Crippen molar-refractivity contribution in [2.75, 3.05) is 0 Å². The van der Waals surface area contributed by atoms with E-state index in [4.69, 9.17) is 16.3 Å². The molecular formula is C11H21ClO. The molecule has 2 unspecified atom stereocenters. The summed E-state index contributed by atoms with van der Waals surface area (Å²) in [5, 5.41) is 0. The highest BCUT2D eigenvalue weighted by atomic mass is 35.5. The van der Waals surface area contributed by atoms with Gasteiger partial charge in [0.1, 0.15) is 5.56 Å². The third-order valence-corrected chi connectivity index (χ3v) is 3.50. The quantitative estimate of drug-likeness (QED) is 0.631. The van der Waals surface area contributed by atoms with Crippen LogP contribution in [0.15, 0.2) is 0 Å². The average Bonchev–Trinajstić information content (AvgIpc) is 2.18. The molecule has 78 valence electrons. The first-order valence-electron chi connectivity index (χ1n) is 5.53. The van der Waals surface area contributed by atoms with Gasteiger partial charge in [-0.25, -0.2) is 0 Å². The largest absolute Gasteiger partial charge is 0.359 e. The van der Waals surface area contributed by atoms with Gasteiger partial charge in [-0.15, -0.1) is 0 Å². The van der Waals surface area contributed by atoms with E-state index in [1.54, 1.807) is 0 Å². The topological polar surface area (TPSA) is 9.23 Å². The first-order chi connectivity index (χ1) is 6.24. The van der Waals surface area contributed by atoms with E-state index in [9.17, 15) is 0 Å². The lowest BCUT2D eigenvalue weighted by atomic mass is 9.97. The molecule has 1 rings (SSSR count). The molecule has 13 heavy (non-hydrogen) atoms. The maximum Gasteiger partial charge on any atom is 0.134 e. The van der Waals surface area contributed by atoms with E-state index in [2.05, 4.69) is 13.8 Å². The van der Waals surface area contributed by atoms with Gasteiger partial charge in [-0.3, -0.25) is 0 Å². The highest BCUT2D eigenvalue weighted by molar-refractivity contribution is 6.19. The second-order valence-electron chi connectivity index (χ2n) is 4.13. The van der Waals surface area contributed by atoms with E-state index >= 15 is 0 Å². The zero-order chi connectivity index (χ0) is 9.68. The second-order valence-corrected chi connectivity index (χ2v) is 4.56. The molecular weight excluding hydrogens is 184 g/mol. The molecule has 0 aromatic heterocycles. The van der Waals surface area contributed by atoms with Crippen LogP contribution in [0, 0.1) is 5.92 Å². The van der Waals surface area contributed by atoms with Gasteiger partial charge in [0.25, 0.3) is 0 Å². The molecule has 0 aromatic carbocycles. The Kier molecular flexibility index (Phi) is 5.12. The van der Waals surface area contributed by atoms with Gasteiger partial charge in [-0.2, -0.15) is 0 Å². The van der Waals surface area contributed by atoms with Gasteiger partial charge in [-0.05, 0) is 25.2 Å². The van der Waals surface area contributed by atoms with E-state index < -0.39 is 0 Å². The zero-order valence-corrected chi connectivity index (χ0v) is 9.52. The molecule has 1 aliphatic rings. The van der Waals surface area contributed by atoms with E-state index in [1.807, 2.05) is 0 Å². The zero-order valence-electron chi connectivity index (χ0n) is 8.76. The summed E-state index contributed by atoms with van der Waals surface area (Å²) in [5.41, 5.74) is -0.0758. The monoisotopic (exact) mass is 204 g/mol. The number of alkyl halides is 1. The molecule has 0 saturated heterocycles. The van der Waals surface area contributed by atoms with Gasteiger partial charge in [0, 0.05) is 0 Å². The highest BCUT2D eigenvalue weighted by Crippen LogP contribution is 2.25. The lowest BCUT2D eigenvalue weighted by Gasteiger charge is -2.27.